The molecule has 0 N–H and O–H groups in total. The van der Waals surface area contributed by atoms with E-state index in [4.69, 9.17) is 0 Å². The lowest BCUT2D eigenvalue weighted by atomic mass is 10.1. The van der Waals surface area contributed by atoms with Gasteiger partial charge in [-0.15, -0.1) is 13.2 Å². The zero-order valence-electron chi connectivity index (χ0n) is 11.9. The van der Waals surface area contributed by atoms with E-state index in [2.05, 4.69) is 9.84 Å². The van der Waals surface area contributed by atoms with E-state index in [0.717, 1.165) is 0 Å². The number of hydrogen-bond acceptors (Lipinski definition) is 3. The summed E-state index contributed by atoms with van der Waals surface area (Å²) in [6.07, 6.45) is -1.97. The third kappa shape index (κ3) is 4.20. The Hall–Kier alpha value is -1.57. The maximum absolute atomic E-state index is 12.2. The molecule has 1 saturated heterocycles. The van der Waals surface area contributed by atoms with Crippen molar-refractivity contribution < 1.29 is 22.7 Å². The zero-order chi connectivity index (χ0) is 15.6. The molecule has 118 valence electrons. The minimum Gasteiger partial charge on any atom is -0.338 e. The highest BCUT2D eigenvalue weighted by molar-refractivity contribution is 5.93. The lowest BCUT2D eigenvalue weighted by Gasteiger charge is -2.31. The first-order valence-corrected chi connectivity index (χ1v) is 6.84. The number of carbonyl (C=O) groups is 1. The van der Waals surface area contributed by atoms with Gasteiger partial charge in [0.2, 0.25) is 0 Å². The predicted molar refractivity (Wildman–Crippen MR) is 68.7 cm³/mol. The summed E-state index contributed by atoms with van der Waals surface area (Å²) in [5, 5.41) is 4.09. The highest BCUT2D eigenvalue weighted by atomic mass is 19.4. The van der Waals surface area contributed by atoms with Gasteiger partial charge in [0.25, 0.3) is 5.91 Å². The molecule has 0 radical (unpaired) electrons. The van der Waals surface area contributed by atoms with E-state index in [1.54, 1.807) is 10.9 Å². The fourth-order valence-corrected chi connectivity index (χ4v) is 2.28. The van der Waals surface area contributed by atoms with E-state index in [1.165, 1.54) is 11.1 Å². The van der Waals surface area contributed by atoms with Crippen LogP contribution in [0.1, 0.15) is 43.1 Å². The first-order chi connectivity index (χ1) is 9.76. The molecule has 2 rings (SSSR count). The van der Waals surface area contributed by atoms with Crippen molar-refractivity contribution in [2.45, 2.75) is 45.2 Å². The molecule has 5 nitrogen and oxygen atoms in total. The summed E-state index contributed by atoms with van der Waals surface area (Å²) in [6, 6.07) is 0.150. The molecule has 1 aromatic rings. The van der Waals surface area contributed by atoms with Gasteiger partial charge in [0, 0.05) is 25.3 Å². The quantitative estimate of drug-likeness (QED) is 0.862. The molecule has 0 saturated carbocycles. The maximum Gasteiger partial charge on any atom is 0.522 e. The summed E-state index contributed by atoms with van der Waals surface area (Å²) in [4.78, 5) is 13.8. The van der Waals surface area contributed by atoms with Gasteiger partial charge in [-0.05, 0) is 26.7 Å². The van der Waals surface area contributed by atoms with Crippen LogP contribution in [0.2, 0.25) is 0 Å². The van der Waals surface area contributed by atoms with E-state index < -0.39 is 12.5 Å². The van der Waals surface area contributed by atoms with Crippen LogP contribution in [0.15, 0.2) is 12.4 Å². The minimum atomic E-state index is -4.62. The molecule has 0 aromatic carbocycles. The van der Waals surface area contributed by atoms with E-state index in [1.807, 2.05) is 13.8 Å². The average molecular weight is 305 g/mol. The van der Waals surface area contributed by atoms with Crippen LogP contribution in [-0.2, 0) is 4.74 Å². The minimum absolute atomic E-state index is 0.150. The third-order valence-electron chi connectivity index (χ3n) is 3.41. The Morgan fingerprint density at radius 3 is 2.48 bits per heavy atom. The number of ether oxygens (including phenoxy) is 1. The van der Waals surface area contributed by atoms with E-state index in [-0.39, 0.29) is 37.9 Å². The molecule has 0 unspecified atom stereocenters. The Morgan fingerprint density at radius 1 is 1.38 bits per heavy atom. The van der Waals surface area contributed by atoms with Crippen molar-refractivity contribution in [2.24, 2.45) is 0 Å². The van der Waals surface area contributed by atoms with E-state index >= 15 is 0 Å². The lowest BCUT2D eigenvalue weighted by molar-refractivity contribution is -0.345. The van der Waals surface area contributed by atoms with Gasteiger partial charge in [-0.2, -0.15) is 5.10 Å². The summed E-state index contributed by atoms with van der Waals surface area (Å²) < 4.78 is 42.0. The summed E-state index contributed by atoms with van der Waals surface area (Å²) >= 11 is 0. The van der Waals surface area contributed by atoms with Crippen LogP contribution < -0.4 is 0 Å². The molecule has 8 heteroatoms. The van der Waals surface area contributed by atoms with Crippen LogP contribution in [0.25, 0.3) is 0 Å². The van der Waals surface area contributed by atoms with Crippen molar-refractivity contribution >= 4 is 5.91 Å². The Bertz CT molecular complexity index is 491. The fraction of sp³-hybridized carbons (Fsp3) is 0.692. The number of amides is 1. The predicted octanol–water partition coefficient (Wildman–Crippen LogP) is 2.61. The molecule has 2 heterocycles. The summed E-state index contributed by atoms with van der Waals surface area (Å²) in [5.74, 6) is -0.202. The standard InChI is InChI=1S/C13H18F3N3O2/c1-9(2)19-8-10(7-17-19)12(20)18-5-3-11(4-6-18)21-13(14,15)16/h7-9,11H,3-6H2,1-2H3. The van der Waals surface area contributed by atoms with Crippen LogP contribution in [0.4, 0.5) is 13.2 Å². The maximum atomic E-state index is 12.2. The van der Waals surface area contributed by atoms with Gasteiger partial charge < -0.3 is 4.90 Å². The fourth-order valence-electron chi connectivity index (χ4n) is 2.28. The Kier molecular flexibility index (Phi) is 4.55. The van der Waals surface area contributed by atoms with E-state index in [9.17, 15) is 18.0 Å². The van der Waals surface area contributed by atoms with Crippen LogP contribution in [0, 0.1) is 0 Å². The topological polar surface area (TPSA) is 47.4 Å². The van der Waals surface area contributed by atoms with Crippen LogP contribution in [-0.4, -0.2) is 46.1 Å². The Morgan fingerprint density at radius 2 is 2.00 bits per heavy atom. The number of aromatic nitrogens is 2. The molecule has 0 bridgehead atoms. The number of rotatable bonds is 3. The lowest BCUT2D eigenvalue weighted by Crippen LogP contribution is -2.42. The van der Waals surface area contributed by atoms with Gasteiger partial charge in [-0.1, -0.05) is 0 Å². The van der Waals surface area contributed by atoms with Crippen LogP contribution in [0.3, 0.4) is 0 Å². The first kappa shape index (κ1) is 15.8. The largest absolute Gasteiger partial charge is 0.522 e. The number of halogens is 3. The number of hydrogen-bond donors (Lipinski definition) is 0. The second-order valence-electron chi connectivity index (χ2n) is 5.36. The molecule has 0 atom stereocenters. The molecule has 1 aliphatic heterocycles. The first-order valence-electron chi connectivity index (χ1n) is 6.84. The van der Waals surface area contributed by atoms with Crippen molar-refractivity contribution in [2.75, 3.05) is 13.1 Å². The second-order valence-corrected chi connectivity index (χ2v) is 5.36. The highest BCUT2D eigenvalue weighted by Crippen LogP contribution is 2.25. The average Bonchev–Trinajstić information content (AvgIpc) is 2.86. The van der Waals surface area contributed by atoms with Gasteiger partial charge in [-0.3, -0.25) is 14.2 Å². The van der Waals surface area contributed by atoms with Gasteiger partial charge in [0.05, 0.1) is 17.9 Å². The second kappa shape index (κ2) is 6.05. The van der Waals surface area contributed by atoms with Gasteiger partial charge in [-0.25, -0.2) is 0 Å². The smallest absolute Gasteiger partial charge is 0.338 e. The van der Waals surface area contributed by atoms with Gasteiger partial charge in [0.1, 0.15) is 0 Å². The summed E-state index contributed by atoms with van der Waals surface area (Å²) in [5.41, 5.74) is 0.457. The Balaban J connectivity index is 1.90. The van der Waals surface area contributed by atoms with Gasteiger partial charge in [0.15, 0.2) is 0 Å². The van der Waals surface area contributed by atoms with Crippen LogP contribution in [0.5, 0.6) is 0 Å². The van der Waals surface area contributed by atoms with Crippen molar-refractivity contribution in [3.05, 3.63) is 18.0 Å². The third-order valence-corrected chi connectivity index (χ3v) is 3.41. The zero-order valence-corrected chi connectivity index (χ0v) is 11.9. The molecule has 1 fully saturated rings. The van der Waals surface area contributed by atoms with Gasteiger partial charge >= 0.3 is 6.36 Å². The van der Waals surface area contributed by atoms with Crippen molar-refractivity contribution in [3.8, 4) is 0 Å². The molecule has 1 aliphatic rings. The molecule has 1 amide bonds. The number of carbonyl (C=O) groups excluding carboxylic acids is 1. The highest BCUT2D eigenvalue weighted by Gasteiger charge is 2.35. The number of nitrogens with zero attached hydrogens (tertiary/aromatic N) is 3. The molecular formula is C13H18F3N3O2. The SMILES string of the molecule is CC(C)n1cc(C(=O)N2CCC(OC(F)(F)F)CC2)cn1. The molecule has 0 aliphatic carbocycles. The number of alkyl halides is 3. The molecular weight excluding hydrogens is 287 g/mol. The monoisotopic (exact) mass is 305 g/mol. The molecule has 21 heavy (non-hydrogen) atoms. The van der Waals surface area contributed by atoms with Crippen molar-refractivity contribution in [3.63, 3.8) is 0 Å². The summed E-state index contributed by atoms with van der Waals surface area (Å²) in [6.45, 7) is 4.40. The number of likely N-dealkylation sites (tertiary alicyclic amines) is 1. The molecule has 0 spiro atoms. The molecule has 1 aromatic heterocycles. The van der Waals surface area contributed by atoms with Crippen molar-refractivity contribution in [1.82, 2.24) is 14.7 Å². The van der Waals surface area contributed by atoms with Crippen LogP contribution >= 0.6 is 0 Å². The van der Waals surface area contributed by atoms with E-state index in [0.29, 0.717) is 5.56 Å². The van der Waals surface area contributed by atoms with Crippen molar-refractivity contribution in [1.29, 1.82) is 0 Å². The summed E-state index contributed by atoms with van der Waals surface area (Å²) in [7, 11) is 0. The normalized spacial score (nSPS) is 17.5. The Labute approximate surface area is 120 Å². The number of piperidine rings is 1.